The zero-order valence-electron chi connectivity index (χ0n) is 9.43. The predicted octanol–water partition coefficient (Wildman–Crippen LogP) is 0.116. The second kappa shape index (κ2) is 5.17. The number of nitrogens with two attached hydrogens (primary N) is 1. The van der Waals surface area contributed by atoms with Crippen molar-refractivity contribution in [3.63, 3.8) is 0 Å². The lowest BCUT2D eigenvalue weighted by molar-refractivity contribution is 0.0647. The number of piperazine rings is 1. The number of thiazole rings is 1. The molecule has 1 amide bonds. The minimum Gasteiger partial charge on any atom is -0.375 e. The first kappa shape index (κ1) is 11.9. The molecule has 2 heterocycles. The summed E-state index contributed by atoms with van der Waals surface area (Å²) in [5, 5.41) is 2.13. The Kier molecular flexibility index (Phi) is 3.61. The van der Waals surface area contributed by atoms with Crippen LogP contribution in [0, 0.1) is 12.3 Å². The van der Waals surface area contributed by atoms with Crippen LogP contribution in [-0.2, 0) is 0 Å². The molecule has 0 saturated carbocycles. The van der Waals surface area contributed by atoms with Crippen molar-refractivity contribution in [2.45, 2.75) is 0 Å². The Morgan fingerprint density at radius 3 is 2.76 bits per heavy atom. The highest BCUT2D eigenvalue weighted by Gasteiger charge is 2.23. The minimum absolute atomic E-state index is 0.0432. The molecule has 90 valence electrons. The van der Waals surface area contributed by atoms with Crippen LogP contribution >= 0.6 is 11.3 Å². The number of amides is 1. The number of nitrogen functional groups attached to an aromatic ring is 1. The summed E-state index contributed by atoms with van der Waals surface area (Å²) in [4.78, 5) is 20.0. The normalized spacial score (nSPS) is 16.8. The van der Waals surface area contributed by atoms with Gasteiger partial charge in [-0.3, -0.25) is 9.69 Å². The largest absolute Gasteiger partial charge is 0.375 e. The van der Waals surface area contributed by atoms with E-state index in [4.69, 9.17) is 12.2 Å². The SMILES string of the molecule is C#CCN1CCN(C(=O)c2csc(N)n2)CC1. The van der Waals surface area contributed by atoms with Crippen molar-refractivity contribution in [3.05, 3.63) is 11.1 Å². The van der Waals surface area contributed by atoms with Crippen LogP contribution < -0.4 is 5.73 Å². The van der Waals surface area contributed by atoms with E-state index in [0.29, 0.717) is 30.5 Å². The van der Waals surface area contributed by atoms with Gasteiger partial charge in [0.1, 0.15) is 5.69 Å². The van der Waals surface area contributed by atoms with Gasteiger partial charge in [-0.25, -0.2) is 4.98 Å². The van der Waals surface area contributed by atoms with Crippen molar-refractivity contribution >= 4 is 22.4 Å². The highest BCUT2D eigenvalue weighted by Crippen LogP contribution is 2.14. The number of hydrogen-bond donors (Lipinski definition) is 1. The van der Waals surface area contributed by atoms with Crippen LogP contribution in [0.5, 0.6) is 0 Å². The van der Waals surface area contributed by atoms with Gasteiger partial charge in [-0.2, -0.15) is 0 Å². The van der Waals surface area contributed by atoms with Crippen LogP contribution in [0.1, 0.15) is 10.5 Å². The summed E-state index contributed by atoms with van der Waals surface area (Å²) in [6, 6.07) is 0. The molecule has 0 radical (unpaired) electrons. The Hall–Kier alpha value is -1.58. The van der Waals surface area contributed by atoms with E-state index in [1.165, 1.54) is 11.3 Å². The maximum atomic E-state index is 12.0. The molecule has 0 spiro atoms. The van der Waals surface area contributed by atoms with Crippen LogP contribution in [0.4, 0.5) is 5.13 Å². The molecule has 2 N–H and O–H groups in total. The van der Waals surface area contributed by atoms with Gasteiger partial charge in [0.2, 0.25) is 0 Å². The third-order valence-electron chi connectivity index (χ3n) is 2.72. The fourth-order valence-corrected chi connectivity index (χ4v) is 2.32. The average molecular weight is 250 g/mol. The summed E-state index contributed by atoms with van der Waals surface area (Å²) < 4.78 is 0. The molecule has 1 aliphatic heterocycles. The molecule has 0 atom stereocenters. The summed E-state index contributed by atoms with van der Waals surface area (Å²) in [5.41, 5.74) is 5.96. The molecular weight excluding hydrogens is 236 g/mol. The summed E-state index contributed by atoms with van der Waals surface area (Å²) >= 11 is 1.29. The number of aromatic nitrogens is 1. The first-order valence-corrected chi connectivity index (χ1v) is 6.25. The lowest BCUT2D eigenvalue weighted by atomic mass is 10.3. The number of nitrogens with zero attached hydrogens (tertiary/aromatic N) is 3. The van der Waals surface area contributed by atoms with Crippen molar-refractivity contribution < 1.29 is 4.79 Å². The van der Waals surface area contributed by atoms with Gasteiger partial charge in [0.25, 0.3) is 5.91 Å². The standard InChI is InChI=1S/C11H14N4OS/c1-2-3-14-4-6-15(7-5-14)10(16)9-8-17-11(12)13-9/h1,8H,3-7H2,(H2,12,13). The molecule has 0 bridgehead atoms. The Morgan fingerprint density at radius 2 is 2.24 bits per heavy atom. The summed E-state index contributed by atoms with van der Waals surface area (Å²) in [5.74, 6) is 2.57. The summed E-state index contributed by atoms with van der Waals surface area (Å²) in [7, 11) is 0. The van der Waals surface area contributed by atoms with Gasteiger partial charge in [-0.15, -0.1) is 17.8 Å². The third-order valence-corrected chi connectivity index (χ3v) is 3.39. The van der Waals surface area contributed by atoms with E-state index < -0.39 is 0 Å². The highest BCUT2D eigenvalue weighted by molar-refractivity contribution is 7.13. The molecule has 2 rings (SSSR count). The highest BCUT2D eigenvalue weighted by atomic mass is 32.1. The van der Waals surface area contributed by atoms with Gasteiger partial charge in [-0.1, -0.05) is 5.92 Å². The average Bonchev–Trinajstić information content (AvgIpc) is 2.76. The molecule has 0 aliphatic carbocycles. The molecule has 1 saturated heterocycles. The van der Waals surface area contributed by atoms with Crippen molar-refractivity contribution in [2.75, 3.05) is 38.5 Å². The minimum atomic E-state index is -0.0432. The summed E-state index contributed by atoms with van der Waals surface area (Å²) in [6.45, 7) is 3.66. The predicted molar refractivity (Wildman–Crippen MR) is 67.7 cm³/mol. The molecule has 5 nitrogen and oxygen atoms in total. The van der Waals surface area contributed by atoms with Gasteiger partial charge in [0.15, 0.2) is 5.13 Å². The first-order chi connectivity index (χ1) is 8.20. The van der Waals surface area contributed by atoms with E-state index in [0.717, 1.165) is 13.1 Å². The van der Waals surface area contributed by atoms with E-state index in [9.17, 15) is 4.79 Å². The lowest BCUT2D eigenvalue weighted by Gasteiger charge is -2.33. The monoisotopic (exact) mass is 250 g/mol. The maximum absolute atomic E-state index is 12.0. The number of hydrogen-bond acceptors (Lipinski definition) is 5. The maximum Gasteiger partial charge on any atom is 0.273 e. The second-order valence-electron chi connectivity index (χ2n) is 3.84. The molecule has 1 aromatic rings. The third kappa shape index (κ3) is 2.75. The molecule has 1 fully saturated rings. The quantitative estimate of drug-likeness (QED) is 0.757. The molecular formula is C11H14N4OS. The molecule has 1 aromatic heterocycles. The van der Waals surface area contributed by atoms with Gasteiger partial charge in [0.05, 0.1) is 6.54 Å². The van der Waals surface area contributed by atoms with E-state index >= 15 is 0 Å². The number of terminal acetylenes is 1. The number of anilines is 1. The van der Waals surface area contributed by atoms with Gasteiger partial charge < -0.3 is 10.6 Å². The molecule has 6 heteroatoms. The summed E-state index contributed by atoms with van der Waals surface area (Å²) in [6.07, 6.45) is 5.25. The van der Waals surface area contributed by atoms with Crippen molar-refractivity contribution in [1.29, 1.82) is 0 Å². The Balaban J connectivity index is 1.93. The van der Waals surface area contributed by atoms with E-state index in [2.05, 4.69) is 15.8 Å². The Labute approximate surface area is 104 Å². The van der Waals surface area contributed by atoms with E-state index in [1.807, 2.05) is 0 Å². The molecule has 17 heavy (non-hydrogen) atoms. The van der Waals surface area contributed by atoms with Crippen molar-refractivity contribution in [2.24, 2.45) is 0 Å². The lowest BCUT2D eigenvalue weighted by Crippen LogP contribution is -2.48. The fourth-order valence-electron chi connectivity index (χ4n) is 1.79. The number of carbonyl (C=O) groups excluding carboxylic acids is 1. The van der Waals surface area contributed by atoms with Crippen LogP contribution in [0.25, 0.3) is 0 Å². The smallest absolute Gasteiger partial charge is 0.273 e. The Morgan fingerprint density at radius 1 is 1.53 bits per heavy atom. The van der Waals surface area contributed by atoms with Crippen molar-refractivity contribution in [3.8, 4) is 12.3 Å². The van der Waals surface area contributed by atoms with Gasteiger partial charge in [0, 0.05) is 31.6 Å². The van der Waals surface area contributed by atoms with Crippen molar-refractivity contribution in [1.82, 2.24) is 14.8 Å². The van der Waals surface area contributed by atoms with E-state index in [1.54, 1.807) is 10.3 Å². The fraction of sp³-hybridized carbons (Fsp3) is 0.455. The zero-order chi connectivity index (χ0) is 12.3. The van der Waals surface area contributed by atoms with Crippen LogP contribution in [0.15, 0.2) is 5.38 Å². The Bertz CT molecular complexity index is 443. The number of rotatable bonds is 2. The van der Waals surface area contributed by atoms with Crippen LogP contribution in [0.2, 0.25) is 0 Å². The topological polar surface area (TPSA) is 62.5 Å². The van der Waals surface area contributed by atoms with Gasteiger partial charge in [-0.05, 0) is 0 Å². The van der Waals surface area contributed by atoms with E-state index in [-0.39, 0.29) is 5.91 Å². The first-order valence-electron chi connectivity index (χ1n) is 5.37. The number of carbonyl (C=O) groups is 1. The van der Waals surface area contributed by atoms with Crippen LogP contribution in [-0.4, -0.2) is 53.4 Å². The molecule has 0 unspecified atom stereocenters. The molecule has 1 aliphatic rings. The second-order valence-corrected chi connectivity index (χ2v) is 4.73. The van der Waals surface area contributed by atoms with Crippen LogP contribution in [0.3, 0.4) is 0 Å². The molecule has 0 aromatic carbocycles. The zero-order valence-corrected chi connectivity index (χ0v) is 10.2. The van der Waals surface area contributed by atoms with Gasteiger partial charge >= 0.3 is 0 Å².